The van der Waals surface area contributed by atoms with Crippen LogP contribution in [-0.4, -0.2) is 76.2 Å². The summed E-state index contributed by atoms with van der Waals surface area (Å²) < 4.78 is 6.11. The molecule has 2 saturated carbocycles. The summed E-state index contributed by atoms with van der Waals surface area (Å²) >= 11 is 3.89. The SMILES string of the molecule is O=C(CCCCC1SCC2NC(=O)NC21)NCCSC12CC3=CC(=O)OC34CCCCCNC1C42. The van der Waals surface area contributed by atoms with Crippen LogP contribution in [-0.2, 0) is 14.3 Å². The Hall–Kier alpha value is -1.39. The van der Waals surface area contributed by atoms with E-state index >= 15 is 0 Å². The van der Waals surface area contributed by atoms with E-state index in [0.717, 1.165) is 56.6 Å². The summed E-state index contributed by atoms with van der Waals surface area (Å²) in [5.74, 6) is 2.19. The average molecular weight is 521 g/mol. The minimum atomic E-state index is -0.371. The molecule has 0 aromatic carbocycles. The van der Waals surface area contributed by atoms with Crippen molar-refractivity contribution in [2.45, 2.75) is 91.5 Å². The van der Waals surface area contributed by atoms with E-state index in [9.17, 15) is 14.4 Å². The molecule has 10 heteroatoms. The Bertz CT molecular complexity index is 931. The fourth-order valence-corrected chi connectivity index (χ4v) is 10.5. The summed E-state index contributed by atoms with van der Waals surface area (Å²) in [7, 11) is 0. The van der Waals surface area contributed by atoms with Gasteiger partial charge in [-0.1, -0.05) is 12.8 Å². The minimum absolute atomic E-state index is 0.0429. The minimum Gasteiger partial charge on any atom is -0.451 e. The van der Waals surface area contributed by atoms with Crippen LogP contribution in [0.4, 0.5) is 4.79 Å². The molecule has 0 bridgehead atoms. The third kappa shape index (κ3) is 4.27. The van der Waals surface area contributed by atoms with E-state index in [0.29, 0.717) is 30.2 Å². The number of unbranched alkanes of at least 4 members (excludes halogenated alkanes) is 1. The zero-order valence-electron chi connectivity index (χ0n) is 20.1. The van der Waals surface area contributed by atoms with Gasteiger partial charge in [-0.2, -0.15) is 23.5 Å². The van der Waals surface area contributed by atoms with Gasteiger partial charge in [0.25, 0.3) is 0 Å². The van der Waals surface area contributed by atoms with Crippen molar-refractivity contribution in [3.63, 3.8) is 0 Å². The number of ether oxygens (including phenoxy) is 1. The van der Waals surface area contributed by atoms with Crippen molar-refractivity contribution < 1.29 is 19.1 Å². The molecule has 35 heavy (non-hydrogen) atoms. The second-order valence-electron chi connectivity index (χ2n) is 10.9. The number of fused-ring (bicyclic) bond motifs is 2. The Balaban J connectivity index is 0.925. The summed E-state index contributed by atoms with van der Waals surface area (Å²) in [6, 6.07) is 0.861. The van der Waals surface area contributed by atoms with E-state index < -0.39 is 0 Å². The number of hydrogen-bond acceptors (Lipinski definition) is 7. The molecule has 5 fully saturated rings. The van der Waals surface area contributed by atoms with Crippen LogP contribution in [0.2, 0.25) is 0 Å². The Labute approximate surface area is 215 Å². The maximum absolute atomic E-state index is 12.4. The zero-order chi connectivity index (χ0) is 24.0. The topological polar surface area (TPSA) is 109 Å². The van der Waals surface area contributed by atoms with Crippen molar-refractivity contribution in [2.24, 2.45) is 5.92 Å². The molecule has 0 aromatic rings. The summed E-state index contributed by atoms with van der Waals surface area (Å²) in [4.78, 5) is 36.0. The molecule has 1 spiro atoms. The summed E-state index contributed by atoms with van der Waals surface area (Å²) in [6.07, 6.45) is 10.6. The molecule has 3 saturated heterocycles. The van der Waals surface area contributed by atoms with Gasteiger partial charge in [0.1, 0.15) is 5.60 Å². The van der Waals surface area contributed by atoms with Gasteiger partial charge in [0.15, 0.2) is 0 Å². The second-order valence-corrected chi connectivity index (χ2v) is 13.6. The van der Waals surface area contributed by atoms with Gasteiger partial charge >= 0.3 is 12.0 Å². The number of hydrogen-bond donors (Lipinski definition) is 4. The first-order chi connectivity index (χ1) is 17.0. The molecule has 4 aliphatic heterocycles. The van der Waals surface area contributed by atoms with Gasteiger partial charge in [-0.05, 0) is 50.6 Å². The Kier molecular flexibility index (Phi) is 6.50. The van der Waals surface area contributed by atoms with Gasteiger partial charge < -0.3 is 26.0 Å². The Morgan fingerprint density at radius 1 is 1.23 bits per heavy atom. The largest absolute Gasteiger partial charge is 0.451 e. The highest BCUT2D eigenvalue weighted by Gasteiger charge is 2.80. The number of rotatable bonds is 9. The molecule has 4 heterocycles. The van der Waals surface area contributed by atoms with Crippen molar-refractivity contribution in [2.75, 3.05) is 24.6 Å². The van der Waals surface area contributed by atoms with Gasteiger partial charge in [-0.3, -0.25) is 4.79 Å². The molecular weight excluding hydrogens is 484 g/mol. The highest BCUT2D eigenvalue weighted by Crippen LogP contribution is 2.72. The van der Waals surface area contributed by atoms with E-state index in [4.69, 9.17) is 4.74 Å². The third-order valence-corrected chi connectivity index (χ3v) is 11.9. The molecule has 6 rings (SSSR count). The van der Waals surface area contributed by atoms with Gasteiger partial charge in [0.2, 0.25) is 5.91 Å². The van der Waals surface area contributed by atoms with Crippen molar-refractivity contribution >= 4 is 41.4 Å². The van der Waals surface area contributed by atoms with E-state index in [1.54, 1.807) is 6.08 Å². The lowest BCUT2D eigenvalue weighted by atomic mass is 9.87. The predicted octanol–water partition coefficient (Wildman–Crippen LogP) is 2.09. The highest BCUT2D eigenvalue weighted by molar-refractivity contribution is 8.01. The van der Waals surface area contributed by atoms with Crippen LogP contribution in [0, 0.1) is 5.92 Å². The molecule has 6 aliphatic rings. The van der Waals surface area contributed by atoms with Crippen LogP contribution >= 0.6 is 23.5 Å². The lowest BCUT2D eigenvalue weighted by molar-refractivity contribution is -0.148. The van der Waals surface area contributed by atoms with Crippen LogP contribution in [0.3, 0.4) is 0 Å². The third-order valence-electron chi connectivity index (χ3n) is 8.83. The van der Waals surface area contributed by atoms with E-state index in [2.05, 4.69) is 21.3 Å². The summed E-state index contributed by atoms with van der Waals surface area (Å²) in [5.41, 5.74) is 0.841. The molecule has 0 radical (unpaired) electrons. The zero-order valence-corrected chi connectivity index (χ0v) is 21.7. The van der Waals surface area contributed by atoms with Crippen molar-refractivity contribution in [1.29, 1.82) is 0 Å². The van der Waals surface area contributed by atoms with Crippen molar-refractivity contribution in [3.8, 4) is 0 Å². The standard InChI is InChI=1S/C25H36N4O4S2/c30-18(7-3-2-6-17-20-16(14-34-17)28-23(32)29-20)26-10-11-35-25-13-15-12-19(31)33-24(15)8-4-1-5-9-27-22(25)21(24)25/h12,16-17,20-22,27H,1-11,13-14H2,(H,26,30)(H2,28,29,32). The summed E-state index contributed by atoms with van der Waals surface area (Å²) in [5, 5.41) is 13.3. The number of amides is 3. The van der Waals surface area contributed by atoms with Gasteiger partial charge in [0, 0.05) is 52.5 Å². The maximum Gasteiger partial charge on any atom is 0.331 e. The molecule has 192 valence electrons. The molecular formula is C25H36N4O4S2. The number of carbonyl (C=O) groups excluding carboxylic acids is 3. The molecule has 0 aromatic heterocycles. The van der Waals surface area contributed by atoms with Crippen LogP contribution in [0.1, 0.15) is 57.8 Å². The quantitative estimate of drug-likeness (QED) is 0.209. The molecule has 8 nitrogen and oxygen atoms in total. The van der Waals surface area contributed by atoms with Gasteiger partial charge in [-0.15, -0.1) is 0 Å². The highest BCUT2D eigenvalue weighted by atomic mass is 32.2. The molecule has 7 atom stereocenters. The maximum atomic E-state index is 12.4. The molecule has 2 aliphatic carbocycles. The van der Waals surface area contributed by atoms with Gasteiger partial charge in [0.05, 0.1) is 12.1 Å². The Morgan fingerprint density at radius 2 is 2.14 bits per heavy atom. The van der Waals surface area contributed by atoms with Gasteiger partial charge in [-0.25, -0.2) is 9.59 Å². The number of urea groups is 1. The predicted molar refractivity (Wildman–Crippen MR) is 137 cm³/mol. The lowest BCUT2D eigenvalue weighted by Crippen LogP contribution is -2.37. The monoisotopic (exact) mass is 520 g/mol. The van der Waals surface area contributed by atoms with E-state index in [-0.39, 0.29) is 40.3 Å². The average Bonchev–Trinajstić information content (AvgIpc) is 3.20. The smallest absolute Gasteiger partial charge is 0.331 e. The normalized spacial score (nSPS) is 40.8. The fourth-order valence-electron chi connectivity index (χ4n) is 7.23. The van der Waals surface area contributed by atoms with E-state index in [1.165, 1.54) is 18.4 Å². The first-order valence-electron chi connectivity index (χ1n) is 13.3. The lowest BCUT2D eigenvalue weighted by Gasteiger charge is -2.28. The van der Waals surface area contributed by atoms with E-state index in [1.807, 2.05) is 23.5 Å². The van der Waals surface area contributed by atoms with Crippen LogP contribution < -0.4 is 21.3 Å². The number of thioether (sulfide) groups is 2. The number of nitrogens with one attached hydrogen (secondary N) is 4. The first-order valence-corrected chi connectivity index (χ1v) is 15.3. The fraction of sp³-hybridized carbons (Fsp3) is 0.800. The molecule has 4 N–H and O–H groups in total. The Morgan fingerprint density at radius 3 is 3.06 bits per heavy atom. The molecule has 3 amide bonds. The summed E-state index contributed by atoms with van der Waals surface area (Å²) in [6.45, 7) is 1.71. The number of carbonyl (C=O) groups is 3. The second kappa shape index (κ2) is 9.49. The van der Waals surface area contributed by atoms with Crippen LogP contribution in [0.5, 0.6) is 0 Å². The first kappa shape index (κ1) is 24.0. The van der Waals surface area contributed by atoms with Crippen molar-refractivity contribution in [3.05, 3.63) is 11.6 Å². The van der Waals surface area contributed by atoms with Crippen LogP contribution in [0.25, 0.3) is 0 Å². The number of esters is 1. The van der Waals surface area contributed by atoms with Crippen molar-refractivity contribution in [1.82, 2.24) is 21.3 Å². The molecule has 7 unspecified atom stereocenters. The van der Waals surface area contributed by atoms with Crippen LogP contribution in [0.15, 0.2) is 11.6 Å².